The quantitative estimate of drug-likeness (QED) is 0.211. The lowest BCUT2D eigenvalue weighted by atomic mass is 10.0. The predicted octanol–water partition coefficient (Wildman–Crippen LogP) is 8.81. The van der Waals surface area contributed by atoms with E-state index >= 15 is 0 Å². The van der Waals surface area contributed by atoms with Crippen LogP contribution in [-0.2, 0) is 12.4 Å². The first-order chi connectivity index (χ1) is 17.9. The SMILES string of the molecule is Cc1nn(-c2nc(-c3ccc(C(F)(F)F)cc3)c(-c3ccc(C(F)(F)F)cc3)s2)cc1-c1cccc(F)c1. The molecular weight excluding hydrogens is 531 g/mol. The Kier molecular flexibility index (Phi) is 6.34. The zero-order valence-corrected chi connectivity index (χ0v) is 20.2. The number of alkyl halides is 6. The Labute approximate surface area is 215 Å². The molecule has 2 aromatic heterocycles. The number of rotatable bonds is 4. The lowest BCUT2D eigenvalue weighted by Gasteiger charge is -2.09. The Morgan fingerprint density at radius 2 is 1.32 bits per heavy atom. The van der Waals surface area contributed by atoms with Crippen LogP contribution in [0.25, 0.3) is 38.0 Å². The van der Waals surface area contributed by atoms with E-state index in [9.17, 15) is 30.7 Å². The zero-order valence-electron chi connectivity index (χ0n) is 19.4. The summed E-state index contributed by atoms with van der Waals surface area (Å²) < 4.78 is 93.8. The summed E-state index contributed by atoms with van der Waals surface area (Å²) in [6, 6.07) is 14.8. The van der Waals surface area contributed by atoms with Crippen LogP contribution in [-0.4, -0.2) is 14.8 Å². The molecule has 11 heteroatoms. The van der Waals surface area contributed by atoms with Gasteiger partial charge >= 0.3 is 12.4 Å². The fourth-order valence-corrected chi connectivity index (χ4v) is 4.94. The van der Waals surface area contributed by atoms with Crippen molar-refractivity contribution in [3.8, 4) is 38.0 Å². The molecule has 0 spiro atoms. The minimum atomic E-state index is -4.53. The van der Waals surface area contributed by atoms with Crippen LogP contribution in [0.1, 0.15) is 16.8 Å². The third-order valence-electron chi connectivity index (χ3n) is 5.81. The molecule has 5 aromatic rings. The van der Waals surface area contributed by atoms with Crippen molar-refractivity contribution in [2.45, 2.75) is 19.3 Å². The van der Waals surface area contributed by atoms with Gasteiger partial charge in [0.25, 0.3) is 0 Å². The third kappa shape index (κ3) is 5.06. The molecule has 5 rings (SSSR count). The summed E-state index contributed by atoms with van der Waals surface area (Å²) in [5, 5.41) is 4.80. The van der Waals surface area contributed by atoms with E-state index in [2.05, 4.69) is 10.1 Å². The molecule has 38 heavy (non-hydrogen) atoms. The van der Waals surface area contributed by atoms with Crippen molar-refractivity contribution in [2.24, 2.45) is 0 Å². The first kappa shape index (κ1) is 25.7. The van der Waals surface area contributed by atoms with Crippen LogP contribution in [0.5, 0.6) is 0 Å². The first-order valence-electron chi connectivity index (χ1n) is 11.1. The molecule has 0 aliphatic rings. The Balaban J connectivity index is 1.62. The van der Waals surface area contributed by atoms with E-state index in [-0.39, 0.29) is 0 Å². The van der Waals surface area contributed by atoms with Crippen LogP contribution in [0.4, 0.5) is 30.7 Å². The fraction of sp³-hybridized carbons (Fsp3) is 0.111. The monoisotopic (exact) mass is 547 g/mol. The van der Waals surface area contributed by atoms with E-state index in [0.29, 0.717) is 43.7 Å². The summed E-state index contributed by atoms with van der Waals surface area (Å²) in [6.07, 6.45) is -7.40. The molecule has 0 atom stereocenters. The highest BCUT2D eigenvalue weighted by Crippen LogP contribution is 2.41. The molecule has 194 valence electrons. The average molecular weight is 547 g/mol. The van der Waals surface area contributed by atoms with E-state index in [1.807, 2.05) is 0 Å². The molecule has 0 amide bonds. The second-order valence-corrected chi connectivity index (χ2v) is 9.39. The molecular formula is C27H16F7N3S. The molecule has 0 aliphatic carbocycles. The smallest absolute Gasteiger partial charge is 0.218 e. The maximum atomic E-state index is 13.8. The maximum Gasteiger partial charge on any atom is 0.416 e. The maximum absolute atomic E-state index is 13.8. The highest BCUT2D eigenvalue weighted by molar-refractivity contribution is 7.18. The van der Waals surface area contributed by atoms with Gasteiger partial charge in [0, 0.05) is 17.3 Å². The first-order valence-corrected chi connectivity index (χ1v) is 11.9. The number of benzene rings is 3. The number of thiazole rings is 1. The Hall–Kier alpha value is -3.99. The minimum Gasteiger partial charge on any atom is -0.218 e. The van der Waals surface area contributed by atoms with Crippen molar-refractivity contribution < 1.29 is 30.7 Å². The molecule has 0 saturated carbocycles. The van der Waals surface area contributed by atoms with Crippen molar-refractivity contribution in [3.05, 3.63) is 102 Å². The van der Waals surface area contributed by atoms with Gasteiger partial charge in [-0.3, -0.25) is 0 Å². The Morgan fingerprint density at radius 1 is 0.737 bits per heavy atom. The summed E-state index contributed by atoms with van der Waals surface area (Å²) in [6.45, 7) is 1.73. The topological polar surface area (TPSA) is 30.7 Å². The normalized spacial score (nSPS) is 12.2. The molecule has 3 aromatic carbocycles. The van der Waals surface area contributed by atoms with Gasteiger partial charge in [0.05, 0.1) is 27.4 Å². The number of hydrogen-bond donors (Lipinski definition) is 0. The highest BCUT2D eigenvalue weighted by Gasteiger charge is 2.31. The van der Waals surface area contributed by atoms with Crippen molar-refractivity contribution >= 4 is 11.3 Å². The van der Waals surface area contributed by atoms with Crippen molar-refractivity contribution in [3.63, 3.8) is 0 Å². The fourth-order valence-electron chi connectivity index (χ4n) is 3.92. The van der Waals surface area contributed by atoms with Gasteiger partial charge in [-0.1, -0.05) is 47.7 Å². The summed E-state index contributed by atoms with van der Waals surface area (Å²) >= 11 is 1.12. The van der Waals surface area contributed by atoms with Crippen LogP contribution < -0.4 is 0 Å². The van der Waals surface area contributed by atoms with E-state index in [0.717, 1.165) is 35.6 Å². The van der Waals surface area contributed by atoms with Crippen molar-refractivity contribution in [1.82, 2.24) is 14.8 Å². The van der Waals surface area contributed by atoms with Crippen LogP contribution in [0, 0.1) is 12.7 Å². The molecule has 3 nitrogen and oxygen atoms in total. The van der Waals surface area contributed by atoms with Gasteiger partial charge in [-0.2, -0.15) is 31.4 Å². The summed E-state index contributed by atoms with van der Waals surface area (Å²) in [5.74, 6) is -0.418. The predicted molar refractivity (Wildman–Crippen MR) is 130 cm³/mol. The second-order valence-electron chi connectivity index (χ2n) is 8.41. The third-order valence-corrected chi connectivity index (χ3v) is 6.90. The molecule has 0 fully saturated rings. The van der Waals surface area contributed by atoms with Gasteiger partial charge in [-0.15, -0.1) is 0 Å². The second kappa shape index (κ2) is 9.39. The van der Waals surface area contributed by atoms with Gasteiger partial charge in [-0.05, 0) is 54.4 Å². The zero-order chi connectivity index (χ0) is 27.2. The number of hydrogen-bond acceptors (Lipinski definition) is 3. The lowest BCUT2D eigenvalue weighted by Crippen LogP contribution is -2.04. The molecule has 0 aliphatic heterocycles. The standard InChI is InChI=1S/C27H16F7N3S/c1-15-22(18-3-2-4-21(28)13-18)14-37(36-15)25-35-23(16-5-9-19(10-6-16)26(29,30)31)24(38-25)17-7-11-20(12-8-17)27(32,33)34/h2-14H,1H3. The molecule has 0 radical (unpaired) electrons. The molecule has 0 N–H and O–H groups in total. The van der Waals surface area contributed by atoms with Crippen LogP contribution in [0.3, 0.4) is 0 Å². The van der Waals surface area contributed by atoms with E-state index in [4.69, 9.17) is 0 Å². The summed E-state index contributed by atoms with van der Waals surface area (Å²) in [5.41, 5.74) is 1.20. The lowest BCUT2D eigenvalue weighted by molar-refractivity contribution is -0.138. The van der Waals surface area contributed by atoms with Gasteiger partial charge in [0.15, 0.2) is 0 Å². The number of halogens is 7. The van der Waals surface area contributed by atoms with Crippen LogP contribution in [0.15, 0.2) is 79.0 Å². The molecule has 0 saturated heterocycles. The van der Waals surface area contributed by atoms with Gasteiger partial charge in [-0.25, -0.2) is 14.1 Å². The average Bonchev–Trinajstić information content (AvgIpc) is 3.47. The minimum absolute atomic E-state index is 0.291. The summed E-state index contributed by atoms with van der Waals surface area (Å²) in [4.78, 5) is 5.05. The van der Waals surface area contributed by atoms with Gasteiger partial charge < -0.3 is 0 Å². The summed E-state index contributed by atoms with van der Waals surface area (Å²) in [7, 11) is 0. The van der Waals surface area contributed by atoms with Crippen molar-refractivity contribution in [2.75, 3.05) is 0 Å². The van der Waals surface area contributed by atoms with E-state index < -0.39 is 29.3 Å². The van der Waals surface area contributed by atoms with Crippen LogP contribution in [0.2, 0.25) is 0 Å². The molecule has 0 bridgehead atoms. The molecule has 2 heterocycles. The number of nitrogens with zero attached hydrogens (tertiary/aromatic N) is 3. The van der Waals surface area contributed by atoms with E-state index in [1.54, 1.807) is 25.3 Å². The Bertz CT molecular complexity index is 1520. The number of aromatic nitrogens is 3. The Morgan fingerprint density at radius 3 is 1.87 bits per heavy atom. The van der Waals surface area contributed by atoms with Crippen molar-refractivity contribution in [1.29, 1.82) is 0 Å². The van der Waals surface area contributed by atoms with Crippen LogP contribution >= 0.6 is 11.3 Å². The molecule has 0 unspecified atom stereocenters. The van der Waals surface area contributed by atoms with Gasteiger partial charge in [0.2, 0.25) is 5.13 Å². The highest BCUT2D eigenvalue weighted by atomic mass is 32.1. The van der Waals surface area contributed by atoms with E-state index in [1.165, 1.54) is 41.1 Å². The van der Waals surface area contributed by atoms with Gasteiger partial charge in [0.1, 0.15) is 5.82 Å². The largest absolute Gasteiger partial charge is 0.416 e. The number of aryl methyl sites for hydroxylation is 1.